The van der Waals surface area contributed by atoms with Gasteiger partial charge >= 0.3 is 0 Å². The van der Waals surface area contributed by atoms with Gasteiger partial charge in [-0.15, -0.1) is 0 Å². The van der Waals surface area contributed by atoms with Crippen LogP contribution in [0.15, 0.2) is 18.2 Å². The Balaban J connectivity index is 2.56. The van der Waals surface area contributed by atoms with Gasteiger partial charge in [0.25, 0.3) is 0 Å². The Bertz CT molecular complexity index is 319. The zero-order valence-electron chi connectivity index (χ0n) is 8.89. The lowest BCUT2D eigenvalue weighted by Crippen LogP contribution is -2.17. The third-order valence-corrected chi connectivity index (χ3v) is 2.32. The molecule has 0 aromatic heterocycles. The standard InChI is InChI=1S/C11H15ClFNO/c1-8(5-6-15-2)14-11-4-3-9(12)7-10(11)13/h3-4,7-8,14H,5-6H2,1-2H3. The molecular formula is C11H15ClFNO. The fraction of sp³-hybridized carbons (Fsp3) is 0.455. The van der Waals surface area contributed by atoms with Gasteiger partial charge in [-0.25, -0.2) is 4.39 Å². The van der Waals surface area contributed by atoms with Crippen LogP contribution in [0.2, 0.25) is 5.02 Å². The maximum atomic E-state index is 13.4. The molecule has 0 saturated carbocycles. The molecule has 0 heterocycles. The van der Waals surface area contributed by atoms with Crippen LogP contribution in [0.3, 0.4) is 0 Å². The lowest BCUT2D eigenvalue weighted by molar-refractivity contribution is 0.191. The van der Waals surface area contributed by atoms with Gasteiger partial charge in [-0.3, -0.25) is 0 Å². The molecule has 1 rings (SSSR count). The molecule has 0 spiro atoms. The van der Waals surface area contributed by atoms with Crippen LogP contribution < -0.4 is 5.32 Å². The van der Waals surface area contributed by atoms with Crippen molar-refractivity contribution in [1.29, 1.82) is 0 Å². The highest BCUT2D eigenvalue weighted by molar-refractivity contribution is 6.30. The Kier molecular flexibility index (Phi) is 4.85. The number of nitrogens with one attached hydrogen (secondary N) is 1. The number of methoxy groups -OCH3 is 1. The van der Waals surface area contributed by atoms with E-state index in [0.717, 1.165) is 6.42 Å². The molecule has 0 bridgehead atoms. The van der Waals surface area contributed by atoms with Crippen molar-refractivity contribution in [3.8, 4) is 0 Å². The molecule has 1 aromatic carbocycles. The van der Waals surface area contributed by atoms with Gasteiger partial charge < -0.3 is 10.1 Å². The summed E-state index contributed by atoms with van der Waals surface area (Å²) in [6.45, 7) is 2.64. The van der Waals surface area contributed by atoms with E-state index in [1.165, 1.54) is 6.07 Å². The van der Waals surface area contributed by atoms with Crippen molar-refractivity contribution < 1.29 is 9.13 Å². The summed E-state index contributed by atoms with van der Waals surface area (Å²) < 4.78 is 18.3. The number of halogens is 2. The second-order valence-corrected chi connectivity index (χ2v) is 3.89. The van der Waals surface area contributed by atoms with Crippen molar-refractivity contribution in [3.63, 3.8) is 0 Å². The fourth-order valence-electron chi connectivity index (χ4n) is 1.24. The number of ether oxygens (including phenoxy) is 1. The highest BCUT2D eigenvalue weighted by atomic mass is 35.5. The molecule has 0 radical (unpaired) electrons. The highest BCUT2D eigenvalue weighted by Crippen LogP contribution is 2.19. The minimum absolute atomic E-state index is 0.167. The largest absolute Gasteiger partial charge is 0.385 e. The maximum absolute atomic E-state index is 13.4. The summed E-state index contributed by atoms with van der Waals surface area (Å²) in [5, 5.41) is 3.46. The summed E-state index contributed by atoms with van der Waals surface area (Å²) in [5.41, 5.74) is 0.475. The quantitative estimate of drug-likeness (QED) is 0.840. The van der Waals surface area contributed by atoms with Gasteiger partial charge in [0.1, 0.15) is 5.82 Å². The molecule has 4 heteroatoms. The van der Waals surface area contributed by atoms with Gasteiger partial charge in [0.05, 0.1) is 5.69 Å². The van der Waals surface area contributed by atoms with Gasteiger partial charge in [0.15, 0.2) is 0 Å². The van der Waals surface area contributed by atoms with Crippen molar-refractivity contribution in [3.05, 3.63) is 29.0 Å². The van der Waals surface area contributed by atoms with Crippen LogP contribution >= 0.6 is 11.6 Å². The van der Waals surface area contributed by atoms with Crippen molar-refractivity contribution in [2.45, 2.75) is 19.4 Å². The Morgan fingerprint density at radius 3 is 2.87 bits per heavy atom. The Hall–Kier alpha value is -0.800. The summed E-state index contributed by atoms with van der Waals surface area (Å²) in [5.74, 6) is -0.327. The molecular weight excluding hydrogens is 217 g/mol. The second-order valence-electron chi connectivity index (χ2n) is 3.45. The average Bonchev–Trinajstić information content (AvgIpc) is 2.19. The lowest BCUT2D eigenvalue weighted by Gasteiger charge is -2.15. The molecule has 15 heavy (non-hydrogen) atoms. The van der Waals surface area contributed by atoms with Crippen LogP contribution in [0, 0.1) is 5.82 Å². The zero-order chi connectivity index (χ0) is 11.3. The zero-order valence-corrected chi connectivity index (χ0v) is 9.64. The van der Waals surface area contributed by atoms with Crippen LogP contribution in [0.25, 0.3) is 0 Å². The van der Waals surface area contributed by atoms with Gasteiger partial charge in [-0.2, -0.15) is 0 Å². The highest BCUT2D eigenvalue weighted by Gasteiger charge is 2.06. The fourth-order valence-corrected chi connectivity index (χ4v) is 1.40. The molecule has 0 fully saturated rings. The Labute approximate surface area is 94.4 Å². The van der Waals surface area contributed by atoms with Crippen LogP contribution in [-0.2, 0) is 4.74 Å². The molecule has 0 aliphatic rings. The molecule has 84 valence electrons. The number of anilines is 1. The first-order valence-corrected chi connectivity index (χ1v) is 5.22. The van der Waals surface area contributed by atoms with Crippen LogP contribution in [0.1, 0.15) is 13.3 Å². The summed E-state index contributed by atoms with van der Waals surface area (Å²) in [6.07, 6.45) is 0.832. The third-order valence-electron chi connectivity index (χ3n) is 2.09. The average molecular weight is 232 g/mol. The smallest absolute Gasteiger partial charge is 0.147 e. The lowest BCUT2D eigenvalue weighted by atomic mass is 10.2. The van der Waals surface area contributed by atoms with E-state index >= 15 is 0 Å². The summed E-state index contributed by atoms with van der Waals surface area (Å²) >= 11 is 5.65. The normalized spacial score (nSPS) is 12.5. The molecule has 0 saturated heterocycles. The maximum Gasteiger partial charge on any atom is 0.147 e. The van der Waals surface area contributed by atoms with E-state index < -0.39 is 0 Å². The van der Waals surface area contributed by atoms with E-state index in [1.54, 1.807) is 19.2 Å². The predicted octanol–water partition coefficient (Wildman–Crippen LogP) is 3.32. The molecule has 0 amide bonds. The summed E-state index contributed by atoms with van der Waals surface area (Å²) in [7, 11) is 1.65. The summed E-state index contributed by atoms with van der Waals surface area (Å²) in [6, 6.07) is 4.77. The van der Waals surface area contributed by atoms with E-state index in [9.17, 15) is 4.39 Å². The Morgan fingerprint density at radius 2 is 2.27 bits per heavy atom. The van der Waals surface area contributed by atoms with E-state index in [2.05, 4.69) is 5.32 Å². The van der Waals surface area contributed by atoms with Gasteiger partial charge in [0.2, 0.25) is 0 Å². The van der Waals surface area contributed by atoms with E-state index in [-0.39, 0.29) is 11.9 Å². The number of hydrogen-bond acceptors (Lipinski definition) is 2. The second kappa shape index (κ2) is 5.93. The van der Waals surface area contributed by atoms with E-state index in [4.69, 9.17) is 16.3 Å². The number of benzene rings is 1. The van der Waals surface area contributed by atoms with Crippen LogP contribution in [0.4, 0.5) is 10.1 Å². The molecule has 2 nitrogen and oxygen atoms in total. The molecule has 1 unspecified atom stereocenters. The van der Waals surface area contributed by atoms with Gasteiger partial charge in [-0.1, -0.05) is 11.6 Å². The first-order chi connectivity index (χ1) is 7.13. The number of hydrogen-bond donors (Lipinski definition) is 1. The monoisotopic (exact) mass is 231 g/mol. The predicted molar refractivity (Wildman–Crippen MR) is 61.0 cm³/mol. The van der Waals surface area contributed by atoms with Crippen molar-refractivity contribution in [1.82, 2.24) is 0 Å². The minimum Gasteiger partial charge on any atom is -0.385 e. The first kappa shape index (κ1) is 12.3. The molecule has 0 aliphatic heterocycles. The SMILES string of the molecule is COCCC(C)Nc1ccc(Cl)cc1F. The van der Waals surface area contributed by atoms with Crippen molar-refractivity contribution >= 4 is 17.3 Å². The van der Waals surface area contributed by atoms with Crippen LogP contribution in [-0.4, -0.2) is 19.8 Å². The van der Waals surface area contributed by atoms with E-state index in [1.807, 2.05) is 6.92 Å². The topological polar surface area (TPSA) is 21.3 Å². The minimum atomic E-state index is -0.327. The van der Waals surface area contributed by atoms with Crippen LogP contribution in [0.5, 0.6) is 0 Å². The first-order valence-electron chi connectivity index (χ1n) is 4.84. The number of rotatable bonds is 5. The molecule has 1 atom stereocenters. The molecule has 1 N–H and O–H groups in total. The van der Waals surface area contributed by atoms with Crippen molar-refractivity contribution in [2.75, 3.05) is 19.0 Å². The Morgan fingerprint density at radius 1 is 1.53 bits per heavy atom. The third kappa shape index (κ3) is 4.06. The van der Waals surface area contributed by atoms with Crippen molar-refractivity contribution in [2.24, 2.45) is 0 Å². The van der Waals surface area contributed by atoms with Gasteiger partial charge in [-0.05, 0) is 31.5 Å². The summed E-state index contributed by atoms with van der Waals surface area (Å²) in [4.78, 5) is 0. The molecule has 1 aromatic rings. The van der Waals surface area contributed by atoms with Gasteiger partial charge in [0, 0.05) is 24.8 Å². The van der Waals surface area contributed by atoms with E-state index in [0.29, 0.717) is 17.3 Å². The molecule has 0 aliphatic carbocycles.